The van der Waals surface area contributed by atoms with Gasteiger partial charge in [-0.2, -0.15) is 0 Å². The Morgan fingerprint density at radius 2 is 2.17 bits per heavy atom. The predicted molar refractivity (Wildman–Crippen MR) is 94.8 cm³/mol. The molecule has 2 aromatic heterocycles. The van der Waals surface area contributed by atoms with Crippen LogP contribution in [0, 0.1) is 0 Å². The molecule has 0 aliphatic rings. The number of quaternary nitrogens is 1. The number of benzene rings is 1. The normalized spacial score (nSPS) is 12.3. The molecule has 0 spiro atoms. The first-order chi connectivity index (χ1) is 11.2. The summed E-state index contributed by atoms with van der Waals surface area (Å²) in [7, 11) is 3.84. The fourth-order valence-corrected chi connectivity index (χ4v) is 3.55. The zero-order valence-electron chi connectivity index (χ0n) is 13.0. The molecule has 4 nitrogen and oxygen atoms in total. The first-order valence-electron chi connectivity index (χ1n) is 7.27. The molecule has 0 radical (unpaired) electrons. The van der Waals surface area contributed by atoms with Crippen LogP contribution in [0.2, 0.25) is 0 Å². The van der Waals surface area contributed by atoms with Gasteiger partial charge in [-0.1, -0.05) is 22.0 Å². The van der Waals surface area contributed by atoms with Gasteiger partial charge in [-0.25, -0.2) is 4.98 Å². The van der Waals surface area contributed by atoms with Gasteiger partial charge in [0.2, 0.25) is 5.89 Å². The molecular formula is C17H18BrN2O2S+. The Morgan fingerprint density at radius 1 is 1.30 bits per heavy atom. The Hall–Kier alpha value is -1.63. The number of ether oxygens (including phenoxy) is 1. The molecule has 0 amide bonds. The van der Waals surface area contributed by atoms with Gasteiger partial charge in [0.1, 0.15) is 30.8 Å². The number of rotatable bonds is 6. The minimum Gasteiger partial charge on any atom is -0.496 e. The zero-order valence-corrected chi connectivity index (χ0v) is 15.4. The van der Waals surface area contributed by atoms with E-state index >= 15 is 0 Å². The molecule has 0 aliphatic carbocycles. The van der Waals surface area contributed by atoms with Crippen LogP contribution in [0.1, 0.15) is 11.3 Å². The second-order valence-corrected chi connectivity index (χ2v) is 7.25. The predicted octanol–water partition coefficient (Wildman–Crippen LogP) is 3.39. The maximum Gasteiger partial charge on any atom is 0.236 e. The smallest absolute Gasteiger partial charge is 0.236 e. The first-order valence-corrected chi connectivity index (χ1v) is 8.95. The number of halogens is 1. The lowest BCUT2D eigenvalue weighted by Crippen LogP contribution is -3.06. The molecule has 0 fully saturated rings. The average Bonchev–Trinajstić information content (AvgIpc) is 3.18. The van der Waals surface area contributed by atoms with Crippen molar-refractivity contribution in [1.82, 2.24) is 4.98 Å². The van der Waals surface area contributed by atoms with Crippen molar-refractivity contribution in [3.8, 4) is 16.5 Å². The number of thiophene rings is 1. The summed E-state index contributed by atoms with van der Waals surface area (Å²) >= 11 is 5.15. The van der Waals surface area contributed by atoms with Crippen LogP contribution in [0.3, 0.4) is 0 Å². The monoisotopic (exact) mass is 393 g/mol. The summed E-state index contributed by atoms with van der Waals surface area (Å²) in [6, 6.07) is 10.1. The quantitative estimate of drug-likeness (QED) is 0.697. The molecule has 1 aromatic carbocycles. The molecule has 1 atom stereocenters. The highest BCUT2D eigenvalue weighted by Gasteiger charge is 2.14. The fourth-order valence-electron chi connectivity index (χ4n) is 2.48. The number of oxazole rings is 1. The molecule has 0 saturated carbocycles. The minimum atomic E-state index is 0.697. The second-order valence-electron chi connectivity index (χ2n) is 5.39. The summed E-state index contributed by atoms with van der Waals surface area (Å²) in [6.45, 7) is 1.65. The molecule has 1 N–H and O–H groups in total. The van der Waals surface area contributed by atoms with Crippen LogP contribution in [0.4, 0.5) is 0 Å². The first kappa shape index (κ1) is 16.2. The SMILES string of the molecule is COc1ccc(Br)cc1C[NH+](C)Cc1coc(-c2cccs2)n1. The van der Waals surface area contributed by atoms with Crippen LogP contribution in [0.25, 0.3) is 10.8 Å². The van der Waals surface area contributed by atoms with Gasteiger partial charge in [-0.05, 0) is 29.6 Å². The fraction of sp³-hybridized carbons (Fsp3) is 0.235. The average molecular weight is 394 g/mol. The van der Waals surface area contributed by atoms with Crippen molar-refractivity contribution in [3.05, 3.63) is 57.7 Å². The van der Waals surface area contributed by atoms with Gasteiger partial charge in [0.15, 0.2) is 0 Å². The van der Waals surface area contributed by atoms with Gasteiger partial charge in [0, 0.05) is 10.0 Å². The van der Waals surface area contributed by atoms with E-state index in [1.807, 2.05) is 29.6 Å². The van der Waals surface area contributed by atoms with Crippen LogP contribution in [-0.2, 0) is 13.1 Å². The Kier molecular flexibility index (Phi) is 5.15. The molecule has 0 aliphatic heterocycles. The Bertz CT molecular complexity index is 771. The van der Waals surface area contributed by atoms with Gasteiger partial charge in [-0.15, -0.1) is 11.3 Å². The summed E-state index contributed by atoms with van der Waals surface area (Å²) < 4.78 is 12.1. The Morgan fingerprint density at radius 3 is 2.91 bits per heavy atom. The van der Waals surface area contributed by atoms with Crippen molar-refractivity contribution >= 4 is 27.3 Å². The third kappa shape index (κ3) is 4.02. The number of aromatic nitrogens is 1. The molecule has 0 bridgehead atoms. The van der Waals surface area contributed by atoms with Crippen molar-refractivity contribution in [2.45, 2.75) is 13.1 Å². The number of methoxy groups -OCH3 is 1. The lowest BCUT2D eigenvalue weighted by molar-refractivity contribution is -0.908. The lowest BCUT2D eigenvalue weighted by Gasteiger charge is -2.15. The topological polar surface area (TPSA) is 39.7 Å². The van der Waals surface area contributed by atoms with Crippen LogP contribution in [-0.4, -0.2) is 19.1 Å². The van der Waals surface area contributed by atoms with Crippen LogP contribution in [0.15, 0.2) is 50.9 Å². The lowest BCUT2D eigenvalue weighted by atomic mass is 10.2. The highest BCUT2D eigenvalue weighted by Crippen LogP contribution is 2.24. The van der Waals surface area contributed by atoms with E-state index in [0.29, 0.717) is 5.89 Å². The maximum atomic E-state index is 5.58. The molecule has 2 heterocycles. The van der Waals surface area contributed by atoms with Gasteiger partial charge in [0.25, 0.3) is 0 Å². The summed E-state index contributed by atoms with van der Waals surface area (Å²) in [6.07, 6.45) is 1.75. The van der Waals surface area contributed by atoms with Crippen molar-refractivity contribution in [2.24, 2.45) is 0 Å². The third-order valence-electron chi connectivity index (χ3n) is 3.50. The summed E-state index contributed by atoms with van der Waals surface area (Å²) in [5, 5.41) is 2.02. The van der Waals surface area contributed by atoms with E-state index in [-0.39, 0.29) is 0 Å². The molecule has 6 heteroatoms. The Balaban J connectivity index is 1.68. The highest BCUT2D eigenvalue weighted by molar-refractivity contribution is 9.10. The number of nitrogens with one attached hydrogen (secondary N) is 1. The van der Waals surface area contributed by atoms with Gasteiger partial charge < -0.3 is 14.1 Å². The number of hydrogen-bond donors (Lipinski definition) is 1. The number of nitrogens with zero attached hydrogens (tertiary/aromatic N) is 1. The maximum absolute atomic E-state index is 5.58. The highest BCUT2D eigenvalue weighted by atomic mass is 79.9. The molecule has 3 aromatic rings. The molecule has 3 rings (SSSR count). The minimum absolute atomic E-state index is 0.697. The zero-order chi connectivity index (χ0) is 16.2. The van der Waals surface area contributed by atoms with Crippen molar-refractivity contribution in [1.29, 1.82) is 0 Å². The van der Waals surface area contributed by atoms with Crippen molar-refractivity contribution in [2.75, 3.05) is 14.2 Å². The van der Waals surface area contributed by atoms with E-state index < -0.39 is 0 Å². The van der Waals surface area contributed by atoms with E-state index in [2.05, 4.69) is 34.0 Å². The summed E-state index contributed by atoms with van der Waals surface area (Å²) in [4.78, 5) is 6.95. The van der Waals surface area contributed by atoms with Gasteiger partial charge in [0.05, 0.1) is 19.0 Å². The molecule has 0 saturated heterocycles. The van der Waals surface area contributed by atoms with E-state index in [9.17, 15) is 0 Å². The van der Waals surface area contributed by atoms with Crippen LogP contribution in [0.5, 0.6) is 5.75 Å². The Labute approximate surface area is 147 Å². The van der Waals surface area contributed by atoms with E-state index in [1.165, 1.54) is 10.5 Å². The van der Waals surface area contributed by atoms with Crippen LogP contribution < -0.4 is 9.64 Å². The van der Waals surface area contributed by atoms with Crippen molar-refractivity contribution in [3.63, 3.8) is 0 Å². The largest absolute Gasteiger partial charge is 0.496 e. The van der Waals surface area contributed by atoms with Crippen molar-refractivity contribution < 1.29 is 14.1 Å². The summed E-state index contributed by atoms with van der Waals surface area (Å²) in [5.74, 6) is 1.61. The summed E-state index contributed by atoms with van der Waals surface area (Å²) in [5.41, 5.74) is 2.13. The van der Waals surface area contributed by atoms with Crippen LogP contribution >= 0.6 is 27.3 Å². The van der Waals surface area contributed by atoms with E-state index in [0.717, 1.165) is 33.9 Å². The molecular weight excluding hydrogens is 376 g/mol. The standard InChI is InChI=1S/C17H17BrN2O2S/c1-20(9-12-8-13(18)5-6-15(12)21-2)10-14-11-22-17(19-14)16-4-3-7-23-16/h3-8,11H,9-10H2,1-2H3/p+1. The van der Waals surface area contributed by atoms with E-state index in [1.54, 1.807) is 24.7 Å². The third-order valence-corrected chi connectivity index (χ3v) is 4.85. The van der Waals surface area contributed by atoms with Gasteiger partial charge >= 0.3 is 0 Å². The second kappa shape index (κ2) is 7.29. The molecule has 120 valence electrons. The molecule has 23 heavy (non-hydrogen) atoms. The molecule has 1 unspecified atom stereocenters. The van der Waals surface area contributed by atoms with Gasteiger partial charge in [-0.3, -0.25) is 0 Å². The number of hydrogen-bond acceptors (Lipinski definition) is 4. The van der Waals surface area contributed by atoms with E-state index in [4.69, 9.17) is 9.15 Å².